The van der Waals surface area contributed by atoms with E-state index in [0.717, 1.165) is 25.7 Å². The standard InChI is InChI=1S/C28H46O4/c1-4-5-6-7-8-9-10-11-12-13-14-15-22(2)18-24-19-23(3)20-28(31-24)21-26-25(32-28)16-17-27(29)30-26/h5-6,16-17,22-26H,4,7-15,18-21H2,1-3H3/b6-5+. The third-order valence-electron chi connectivity index (χ3n) is 7.26. The molecule has 1 spiro atoms. The molecule has 0 amide bonds. The minimum Gasteiger partial charge on any atom is -0.456 e. The molecular weight excluding hydrogens is 400 g/mol. The summed E-state index contributed by atoms with van der Waals surface area (Å²) in [5, 5.41) is 0. The summed E-state index contributed by atoms with van der Waals surface area (Å²) in [6.07, 6.45) is 24.9. The van der Waals surface area contributed by atoms with Crippen molar-refractivity contribution in [1.29, 1.82) is 0 Å². The molecule has 2 saturated heterocycles. The fraction of sp³-hybridized carbons (Fsp3) is 0.821. The van der Waals surface area contributed by atoms with Crippen molar-refractivity contribution in [3.05, 3.63) is 24.3 Å². The third kappa shape index (κ3) is 8.02. The number of rotatable bonds is 13. The molecule has 0 aromatic carbocycles. The molecule has 3 aliphatic rings. The Hall–Kier alpha value is -1.13. The maximum absolute atomic E-state index is 11.6. The smallest absolute Gasteiger partial charge is 0.330 e. The molecule has 3 heterocycles. The summed E-state index contributed by atoms with van der Waals surface area (Å²) < 4.78 is 18.3. The summed E-state index contributed by atoms with van der Waals surface area (Å²) >= 11 is 0. The van der Waals surface area contributed by atoms with E-state index in [9.17, 15) is 4.79 Å². The highest BCUT2D eigenvalue weighted by Crippen LogP contribution is 2.45. The van der Waals surface area contributed by atoms with E-state index in [1.54, 1.807) is 0 Å². The van der Waals surface area contributed by atoms with E-state index in [-0.39, 0.29) is 24.3 Å². The zero-order valence-electron chi connectivity index (χ0n) is 20.7. The second-order valence-corrected chi connectivity index (χ2v) is 10.6. The summed E-state index contributed by atoms with van der Waals surface area (Å²) in [6, 6.07) is 0. The normalized spacial score (nSPS) is 33.0. The predicted octanol–water partition coefficient (Wildman–Crippen LogP) is 7.27. The van der Waals surface area contributed by atoms with Gasteiger partial charge in [-0.2, -0.15) is 0 Å². The zero-order chi connectivity index (χ0) is 22.8. The van der Waals surface area contributed by atoms with E-state index in [1.807, 2.05) is 6.08 Å². The molecule has 0 bridgehead atoms. The minimum absolute atomic E-state index is 0.149. The molecule has 3 aliphatic heterocycles. The topological polar surface area (TPSA) is 44.8 Å². The molecular formula is C28H46O4. The van der Waals surface area contributed by atoms with E-state index >= 15 is 0 Å². The number of allylic oxidation sites excluding steroid dienone is 2. The van der Waals surface area contributed by atoms with Gasteiger partial charge >= 0.3 is 5.97 Å². The van der Waals surface area contributed by atoms with Crippen LogP contribution in [0.2, 0.25) is 0 Å². The fourth-order valence-electron chi connectivity index (χ4n) is 5.73. The predicted molar refractivity (Wildman–Crippen MR) is 129 cm³/mol. The lowest BCUT2D eigenvalue weighted by Gasteiger charge is -2.41. The van der Waals surface area contributed by atoms with Crippen molar-refractivity contribution >= 4 is 5.97 Å². The first-order valence-corrected chi connectivity index (χ1v) is 13.4. The summed E-state index contributed by atoms with van der Waals surface area (Å²) in [5.41, 5.74) is 0. The molecule has 0 aliphatic carbocycles. The number of unbranched alkanes of at least 4 members (excludes halogenated alkanes) is 7. The van der Waals surface area contributed by atoms with Gasteiger partial charge in [-0.15, -0.1) is 0 Å². The average Bonchev–Trinajstić information content (AvgIpc) is 3.07. The van der Waals surface area contributed by atoms with Gasteiger partial charge in [0.05, 0.1) is 6.10 Å². The van der Waals surface area contributed by atoms with Crippen molar-refractivity contribution in [3.8, 4) is 0 Å². The van der Waals surface area contributed by atoms with Crippen molar-refractivity contribution in [3.63, 3.8) is 0 Å². The Balaban J connectivity index is 1.29. The van der Waals surface area contributed by atoms with Gasteiger partial charge in [0.2, 0.25) is 0 Å². The number of carbonyl (C=O) groups excluding carboxylic acids is 1. The van der Waals surface area contributed by atoms with Crippen LogP contribution in [0.25, 0.3) is 0 Å². The SMILES string of the molecule is CC/C=C/CCCCCCCCCC(C)CC1CC(C)CC2(CC3OC(=O)C=CC3O2)O1. The lowest BCUT2D eigenvalue weighted by atomic mass is 9.85. The number of fused-ring (bicyclic) bond motifs is 1. The number of esters is 1. The Morgan fingerprint density at radius 3 is 2.59 bits per heavy atom. The molecule has 4 heteroatoms. The van der Waals surface area contributed by atoms with E-state index < -0.39 is 5.79 Å². The molecule has 4 nitrogen and oxygen atoms in total. The number of hydrogen-bond donors (Lipinski definition) is 0. The highest BCUT2D eigenvalue weighted by atomic mass is 16.7. The molecule has 0 saturated carbocycles. The van der Waals surface area contributed by atoms with E-state index in [2.05, 4.69) is 32.9 Å². The van der Waals surface area contributed by atoms with Crippen molar-refractivity contribution in [2.45, 2.75) is 135 Å². The fourth-order valence-corrected chi connectivity index (χ4v) is 5.73. The molecule has 6 atom stereocenters. The van der Waals surface area contributed by atoms with Crippen LogP contribution in [-0.2, 0) is 19.0 Å². The summed E-state index contributed by atoms with van der Waals surface area (Å²) in [7, 11) is 0. The van der Waals surface area contributed by atoms with E-state index in [4.69, 9.17) is 14.2 Å². The van der Waals surface area contributed by atoms with Gasteiger partial charge in [0.1, 0.15) is 12.2 Å². The van der Waals surface area contributed by atoms with Crippen LogP contribution < -0.4 is 0 Å². The number of ether oxygens (including phenoxy) is 3. The van der Waals surface area contributed by atoms with Crippen LogP contribution in [0.1, 0.15) is 111 Å². The van der Waals surface area contributed by atoms with E-state index in [1.165, 1.54) is 63.9 Å². The molecule has 2 fully saturated rings. The van der Waals surface area contributed by atoms with Gasteiger partial charge in [-0.25, -0.2) is 4.79 Å². The van der Waals surface area contributed by atoms with Crippen molar-refractivity contribution in [2.75, 3.05) is 0 Å². The van der Waals surface area contributed by atoms with Crippen LogP contribution in [0.3, 0.4) is 0 Å². The van der Waals surface area contributed by atoms with Crippen LogP contribution in [0, 0.1) is 11.8 Å². The van der Waals surface area contributed by atoms with Gasteiger partial charge in [0, 0.05) is 18.9 Å². The van der Waals surface area contributed by atoms with Crippen molar-refractivity contribution in [2.24, 2.45) is 11.8 Å². The minimum atomic E-state index is -0.571. The lowest BCUT2D eigenvalue weighted by Crippen LogP contribution is -2.44. The van der Waals surface area contributed by atoms with Gasteiger partial charge < -0.3 is 14.2 Å². The Bertz CT molecular complexity index is 627. The van der Waals surface area contributed by atoms with Crippen LogP contribution in [-0.4, -0.2) is 30.1 Å². The maximum Gasteiger partial charge on any atom is 0.330 e. The molecule has 6 unspecified atom stereocenters. The van der Waals surface area contributed by atoms with Crippen LogP contribution in [0.5, 0.6) is 0 Å². The van der Waals surface area contributed by atoms with Gasteiger partial charge in [0.25, 0.3) is 0 Å². The highest BCUT2D eigenvalue weighted by molar-refractivity contribution is 5.83. The Kier molecular flexibility index (Phi) is 10.3. The van der Waals surface area contributed by atoms with Gasteiger partial charge in [-0.1, -0.05) is 77.9 Å². The van der Waals surface area contributed by atoms with Crippen LogP contribution >= 0.6 is 0 Å². The van der Waals surface area contributed by atoms with Crippen molar-refractivity contribution in [1.82, 2.24) is 0 Å². The molecule has 0 radical (unpaired) electrons. The first kappa shape index (κ1) is 25.5. The Morgan fingerprint density at radius 2 is 1.81 bits per heavy atom. The van der Waals surface area contributed by atoms with Crippen LogP contribution in [0.4, 0.5) is 0 Å². The quantitative estimate of drug-likeness (QED) is 0.169. The third-order valence-corrected chi connectivity index (χ3v) is 7.26. The summed E-state index contributed by atoms with van der Waals surface area (Å²) in [5.74, 6) is 0.413. The maximum atomic E-state index is 11.6. The molecule has 0 aromatic heterocycles. The van der Waals surface area contributed by atoms with Gasteiger partial charge in [-0.05, 0) is 50.0 Å². The Morgan fingerprint density at radius 1 is 1.06 bits per heavy atom. The monoisotopic (exact) mass is 446 g/mol. The molecule has 0 N–H and O–H groups in total. The number of hydrogen-bond acceptors (Lipinski definition) is 4. The van der Waals surface area contributed by atoms with Gasteiger partial charge in [0.15, 0.2) is 5.79 Å². The molecule has 0 aromatic rings. The lowest BCUT2D eigenvalue weighted by molar-refractivity contribution is -0.276. The molecule has 182 valence electrons. The zero-order valence-corrected chi connectivity index (χ0v) is 20.7. The highest BCUT2D eigenvalue weighted by Gasteiger charge is 2.53. The summed E-state index contributed by atoms with van der Waals surface area (Å²) in [6.45, 7) is 6.87. The first-order chi connectivity index (χ1) is 15.5. The van der Waals surface area contributed by atoms with Crippen molar-refractivity contribution < 1.29 is 19.0 Å². The second kappa shape index (κ2) is 12.9. The molecule has 3 rings (SSSR count). The first-order valence-electron chi connectivity index (χ1n) is 13.4. The molecule has 32 heavy (non-hydrogen) atoms. The largest absolute Gasteiger partial charge is 0.456 e. The Labute approximate surface area is 196 Å². The van der Waals surface area contributed by atoms with Gasteiger partial charge in [-0.3, -0.25) is 0 Å². The van der Waals surface area contributed by atoms with Crippen LogP contribution in [0.15, 0.2) is 24.3 Å². The number of carbonyl (C=O) groups is 1. The van der Waals surface area contributed by atoms with E-state index in [0.29, 0.717) is 18.3 Å². The second-order valence-electron chi connectivity index (χ2n) is 10.6. The summed E-state index contributed by atoms with van der Waals surface area (Å²) in [4.78, 5) is 11.6. The average molecular weight is 447 g/mol.